The standard InChI is InChI=1S/C12H18FNS/c1-3-4-8-15-11-7-5-6-10(13)12(11)9(2)14/h5-7,9H,3-4,8,14H2,1-2H3/t9-/m1/s1. The van der Waals surface area contributed by atoms with Crippen LogP contribution in [0.5, 0.6) is 0 Å². The number of hydrogen-bond donors (Lipinski definition) is 1. The van der Waals surface area contributed by atoms with Gasteiger partial charge < -0.3 is 5.73 Å². The van der Waals surface area contributed by atoms with Crippen molar-refractivity contribution < 1.29 is 4.39 Å². The van der Waals surface area contributed by atoms with E-state index in [9.17, 15) is 4.39 Å². The Morgan fingerprint density at radius 2 is 2.20 bits per heavy atom. The Morgan fingerprint density at radius 3 is 2.80 bits per heavy atom. The summed E-state index contributed by atoms with van der Waals surface area (Å²) in [6.45, 7) is 3.97. The van der Waals surface area contributed by atoms with Crippen LogP contribution < -0.4 is 5.73 Å². The highest BCUT2D eigenvalue weighted by molar-refractivity contribution is 7.99. The first-order chi connectivity index (χ1) is 7.16. The summed E-state index contributed by atoms with van der Waals surface area (Å²) >= 11 is 1.69. The molecule has 0 radical (unpaired) electrons. The minimum absolute atomic E-state index is 0.188. The highest BCUT2D eigenvalue weighted by Crippen LogP contribution is 2.29. The van der Waals surface area contributed by atoms with Crippen LogP contribution in [0, 0.1) is 5.82 Å². The molecule has 1 aromatic rings. The summed E-state index contributed by atoms with van der Waals surface area (Å²) in [6, 6.07) is 4.93. The van der Waals surface area contributed by atoms with Crippen LogP contribution in [0.1, 0.15) is 38.3 Å². The minimum Gasteiger partial charge on any atom is -0.324 e. The van der Waals surface area contributed by atoms with Crippen molar-refractivity contribution in [2.24, 2.45) is 5.73 Å². The monoisotopic (exact) mass is 227 g/mol. The number of thioether (sulfide) groups is 1. The summed E-state index contributed by atoms with van der Waals surface area (Å²) < 4.78 is 13.5. The molecule has 0 aliphatic carbocycles. The van der Waals surface area contributed by atoms with Gasteiger partial charge in [0.05, 0.1) is 0 Å². The highest BCUT2D eigenvalue weighted by atomic mass is 32.2. The SMILES string of the molecule is CCCCSc1cccc(F)c1[C@@H](C)N. The Labute approximate surface area is 95.2 Å². The third-order valence-electron chi connectivity index (χ3n) is 2.22. The minimum atomic E-state index is -0.240. The van der Waals surface area contributed by atoms with Crippen LogP contribution >= 0.6 is 11.8 Å². The molecule has 84 valence electrons. The molecule has 0 unspecified atom stereocenters. The van der Waals surface area contributed by atoms with Crippen molar-refractivity contribution >= 4 is 11.8 Å². The van der Waals surface area contributed by atoms with Crippen molar-refractivity contribution in [3.8, 4) is 0 Å². The van der Waals surface area contributed by atoms with Crippen LogP contribution in [0.15, 0.2) is 23.1 Å². The molecule has 3 heteroatoms. The molecule has 0 saturated heterocycles. The molecule has 1 atom stereocenters. The molecule has 0 aliphatic heterocycles. The lowest BCUT2D eigenvalue weighted by molar-refractivity contribution is 0.585. The van der Waals surface area contributed by atoms with Crippen LogP contribution in [0.25, 0.3) is 0 Å². The van der Waals surface area contributed by atoms with Gasteiger partial charge in [0.25, 0.3) is 0 Å². The van der Waals surface area contributed by atoms with Gasteiger partial charge in [-0.15, -0.1) is 11.8 Å². The fraction of sp³-hybridized carbons (Fsp3) is 0.500. The molecule has 1 aromatic carbocycles. The Morgan fingerprint density at radius 1 is 1.47 bits per heavy atom. The Balaban J connectivity index is 2.81. The first-order valence-corrected chi connectivity index (χ1v) is 6.32. The molecular formula is C12H18FNS. The average molecular weight is 227 g/mol. The van der Waals surface area contributed by atoms with Crippen LogP contribution in [0.3, 0.4) is 0 Å². The molecular weight excluding hydrogens is 209 g/mol. The fourth-order valence-corrected chi connectivity index (χ4v) is 2.68. The molecule has 2 N–H and O–H groups in total. The number of rotatable bonds is 5. The van der Waals surface area contributed by atoms with Gasteiger partial charge in [-0.1, -0.05) is 19.4 Å². The number of unbranched alkanes of at least 4 members (excludes halogenated alkanes) is 1. The maximum atomic E-state index is 13.5. The van der Waals surface area contributed by atoms with Gasteiger partial charge in [-0.05, 0) is 31.2 Å². The van der Waals surface area contributed by atoms with E-state index in [4.69, 9.17) is 5.73 Å². The molecule has 1 rings (SSSR count). The third-order valence-corrected chi connectivity index (χ3v) is 3.38. The van der Waals surface area contributed by atoms with E-state index < -0.39 is 0 Å². The van der Waals surface area contributed by atoms with Gasteiger partial charge in [-0.25, -0.2) is 4.39 Å². The maximum Gasteiger partial charge on any atom is 0.129 e. The van der Waals surface area contributed by atoms with Crippen molar-refractivity contribution in [3.05, 3.63) is 29.6 Å². The van der Waals surface area contributed by atoms with Crippen molar-refractivity contribution in [2.75, 3.05) is 5.75 Å². The van der Waals surface area contributed by atoms with Gasteiger partial charge >= 0.3 is 0 Å². The van der Waals surface area contributed by atoms with Gasteiger partial charge in [0.2, 0.25) is 0 Å². The van der Waals surface area contributed by atoms with Crippen LogP contribution in [-0.2, 0) is 0 Å². The van der Waals surface area contributed by atoms with Gasteiger partial charge in [0.1, 0.15) is 5.82 Å². The smallest absolute Gasteiger partial charge is 0.129 e. The highest BCUT2D eigenvalue weighted by Gasteiger charge is 2.12. The quantitative estimate of drug-likeness (QED) is 0.612. The lowest BCUT2D eigenvalue weighted by atomic mass is 10.1. The van der Waals surface area contributed by atoms with Gasteiger partial charge in [-0.3, -0.25) is 0 Å². The normalized spacial score (nSPS) is 12.8. The zero-order chi connectivity index (χ0) is 11.3. The van der Waals surface area contributed by atoms with Crippen molar-refractivity contribution in [2.45, 2.75) is 37.6 Å². The first-order valence-electron chi connectivity index (χ1n) is 5.33. The summed E-state index contributed by atoms with van der Waals surface area (Å²) in [5, 5.41) is 0. The van der Waals surface area contributed by atoms with Crippen molar-refractivity contribution in [3.63, 3.8) is 0 Å². The summed E-state index contributed by atoms with van der Waals surface area (Å²) in [5.74, 6) is 0.839. The van der Waals surface area contributed by atoms with E-state index in [1.165, 1.54) is 6.07 Å². The lowest BCUT2D eigenvalue weighted by Gasteiger charge is -2.12. The molecule has 0 amide bonds. The topological polar surface area (TPSA) is 26.0 Å². The number of halogens is 1. The predicted octanol–water partition coefficient (Wildman–Crippen LogP) is 3.74. The first kappa shape index (κ1) is 12.5. The zero-order valence-corrected chi connectivity index (χ0v) is 10.1. The van der Waals surface area contributed by atoms with Gasteiger partial charge in [0, 0.05) is 16.5 Å². The van der Waals surface area contributed by atoms with Crippen molar-refractivity contribution in [1.82, 2.24) is 0 Å². The van der Waals surface area contributed by atoms with E-state index >= 15 is 0 Å². The number of benzene rings is 1. The molecule has 0 spiro atoms. The number of nitrogens with two attached hydrogens (primary N) is 1. The second-order valence-electron chi connectivity index (χ2n) is 3.64. The second kappa shape index (κ2) is 6.13. The van der Waals surface area contributed by atoms with Crippen LogP contribution in [-0.4, -0.2) is 5.75 Å². The molecule has 0 aliphatic rings. The molecule has 0 saturated carbocycles. The lowest BCUT2D eigenvalue weighted by Crippen LogP contribution is -2.09. The van der Waals surface area contributed by atoms with Gasteiger partial charge in [-0.2, -0.15) is 0 Å². The molecule has 1 nitrogen and oxygen atoms in total. The largest absolute Gasteiger partial charge is 0.324 e. The molecule has 15 heavy (non-hydrogen) atoms. The van der Waals surface area contributed by atoms with E-state index in [0.29, 0.717) is 5.56 Å². The molecule has 0 bridgehead atoms. The van der Waals surface area contributed by atoms with E-state index in [1.54, 1.807) is 17.8 Å². The van der Waals surface area contributed by atoms with E-state index in [0.717, 1.165) is 23.5 Å². The van der Waals surface area contributed by atoms with Crippen molar-refractivity contribution in [1.29, 1.82) is 0 Å². The summed E-state index contributed by atoms with van der Waals surface area (Å²) in [6.07, 6.45) is 2.31. The Bertz CT molecular complexity index is 312. The molecule has 0 fully saturated rings. The van der Waals surface area contributed by atoms with Crippen LogP contribution in [0.4, 0.5) is 4.39 Å². The Hall–Kier alpha value is -0.540. The summed E-state index contributed by atoms with van der Waals surface area (Å²) in [5.41, 5.74) is 6.42. The van der Waals surface area contributed by atoms with E-state index in [2.05, 4.69) is 6.92 Å². The fourth-order valence-electron chi connectivity index (χ4n) is 1.41. The predicted molar refractivity (Wildman–Crippen MR) is 64.6 cm³/mol. The van der Waals surface area contributed by atoms with Crippen LogP contribution in [0.2, 0.25) is 0 Å². The average Bonchev–Trinajstić information content (AvgIpc) is 2.17. The van der Waals surface area contributed by atoms with Gasteiger partial charge in [0.15, 0.2) is 0 Å². The summed E-state index contributed by atoms with van der Waals surface area (Å²) in [7, 11) is 0. The maximum absolute atomic E-state index is 13.5. The number of hydrogen-bond acceptors (Lipinski definition) is 2. The third kappa shape index (κ3) is 3.50. The second-order valence-corrected chi connectivity index (χ2v) is 4.78. The molecule has 0 aromatic heterocycles. The van der Waals surface area contributed by atoms with E-state index in [1.807, 2.05) is 13.0 Å². The molecule has 0 heterocycles. The zero-order valence-electron chi connectivity index (χ0n) is 9.29. The van der Waals surface area contributed by atoms with E-state index in [-0.39, 0.29) is 11.9 Å². The Kier molecular flexibility index (Phi) is 5.12. The summed E-state index contributed by atoms with van der Waals surface area (Å²) in [4.78, 5) is 0.985.